The van der Waals surface area contributed by atoms with E-state index in [-0.39, 0.29) is 68.7 Å². The van der Waals surface area contributed by atoms with Crippen molar-refractivity contribution in [1.29, 1.82) is 0 Å². The van der Waals surface area contributed by atoms with Crippen LogP contribution in [0.4, 0.5) is 0 Å². The molecule has 0 aliphatic rings. The van der Waals surface area contributed by atoms with Crippen LogP contribution in [-0.2, 0) is 59.0 Å². The molecule has 0 bridgehead atoms. The van der Waals surface area contributed by atoms with Crippen LogP contribution in [0.2, 0.25) is 0 Å². The normalized spacial score (nSPS) is 10.5. The summed E-state index contributed by atoms with van der Waals surface area (Å²) in [5.74, 6) is 0. The van der Waals surface area contributed by atoms with Crippen molar-refractivity contribution in [2.24, 2.45) is 0 Å². The van der Waals surface area contributed by atoms with Crippen LogP contribution in [0.15, 0.2) is 0 Å². The van der Waals surface area contributed by atoms with Crippen molar-refractivity contribution >= 4 is 41.6 Å². The van der Waals surface area contributed by atoms with E-state index in [1.54, 1.807) is 0 Å². The van der Waals surface area contributed by atoms with Gasteiger partial charge in [-0.15, -0.1) is 0 Å². The van der Waals surface area contributed by atoms with E-state index in [2.05, 4.69) is 0 Å². The van der Waals surface area contributed by atoms with E-state index in [9.17, 15) is 0 Å². The largest absolute Gasteiger partial charge is 3.00 e. The fourth-order valence-electron chi connectivity index (χ4n) is 0. The third-order valence-corrected chi connectivity index (χ3v) is 0. The summed E-state index contributed by atoms with van der Waals surface area (Å²) < 4.78 is 131. The second-order valence-corrected chi connectivity index (χ2v) is 5.13. The molecule has 0 rings (SSSR count). The standard InChI is InChI=1S/Cr.K.4H2O4S/c;;4*1-5(2,3)4/h;;4*(H2,1,2,3,4)/q+3;+1;;;;/p-4. The Labute approximate surface area is 178 Å². The Kier molecular flexibility index (Phi) is 28.6. The summed E-state index contributed by atoms with van der Waals surface area (Å²) in [6.07, 6.45) is 0. The first-order valence-corrected chi connectivity index (χ1v) is 8.19. The topological polar surface area (TPSA) is 310 Å². The molecule has 0 fully saturated rings. The zero-order valence-electron chi connectivity index (χ0n) is 9.73. The Morgan fingerprint density at radius 1 is 0.455 bits per heavy atom. The first kappa shape index (κ1) is 38.9. The molecule has 0 aliphatic heterocycles. The van der Waals surface area contributed by atoms with Gasteiger partial charge in [0.15, 0.2) is 0 Å². The first-order valence-electron chi connectivity index (χ1n) is 2.73. The van der Waals surface area contributed by atoms with E-state index in [1.165, 1.54) is 0 Å². The second kappa shape index (κ2) is 16.1. The molecule has 0 aromatic carbocycles. The predicted molar refractivity (Wildman–Crippen MR) is 49.3 cm³/mol. The minimum Gasteiger partial charge on any atom is -0.726 e. The first-order chi connectivity index (χ1) is 8.00. The maximum atomic E-state index is 8.63. The summed E-state index contributed by atoms with van der Waals surface area (Å²) in [5, 5.41) is 0. The van der Waals surface area contributed by atoms with E-state index < -0.39 is 41.6 Å². The Hall–Kier alpha value is 1.65. The third-order valence-electron chi connectivity index (χ3n) is 0. The molecule has 0 heterocycles. The van der Waals surface area contributed by atoms with Crippen LogP contribution in [0.25, 0.3) is 0 Å². The van der Waals surface area contributed by atoms with Crippen LogP contribution in [0.5, 0.6) is 0 Å². The molecule has 0 amide bonds. The molecule has 131 valence electrons. The molecule has 0 atom stereocenters. The van der Waals surface area contributed by atoms with Gasteiger partial charge in [0, 0.05) is 0 Å². The number of hydrogen-bond acceptors (Lipinski definition) is 12. The van der Waals surface area contributed by atoms with Gasteiger partial charge in [-0.25, -0.2) is 33.7 Å². The van der Waals surface area contributed by atoms with Crippen molar-refractivity contribution in [2.45, 2.75) is 0 Å². The minimum absolute atomic E-state index is 0. The molecule has 0 saturated heterocycles. The van der Waals surface area contributed by atoms with E-state index in [1.807, 2.05) is 0 Å². The summed E-state index contributed by atoms with van der Waals surface area (Å²) >= 11 is 0. The van der Waals surface area contributed by atoms with Crippen molar-refractivity contribution in [2.75, 3.05) is 0 Å². The third kappa shape index (κ3) is 3400. The zero-order chi connectivity index (χ0) is 18.0. The maximum absolute atomic E-state index is 8.63. The molecule has 0 unspecified atom stereocenters. The van der Waals surface area contributed by atoms with Crippen molar-refractivity contribution < 1.29 is 139 Å². The zero-order valence-corrected chi connectivity index (χ0v) is 17.4. The van der Waals surface area contributed by atoms with Gasteiger partial charge in [0.2, 0.25) is 41.6 Å². The quantitative estimate of drug-likeness (QED) is 0.142. The van der Waals surface area contributed by atoms with Gasteiger partial charge in [0.25, 0.3) is 0 Å². The van der Waals surface area contributed by atoms with E-state index >= 15 is 0 Å². The average Bonchev–Trinajstić information content (AvgIpc) is 1.62. The molecule has 4 N–H and O–H groups in total. The summed E-state index contributed by atoms with van der Waals surface area (Å²) in [5.41, 5.74) is 0. The fourth-order valence-corrected chi connectivity index (χ4v) is 0. The molecule has 22 heteroatoms. The Morgan fingerprint density at radius 3 is 0.455 bits per heavy atom. The van der Waals surface area contributed by atoms with Crippen molar-refractivity contribution in [3.05, 3.63) is 0 Å². The molecule has 1 radical (unpaired) electrons. The van der Waals surface area contributed by atoms with Gasteiger partial charge in [-0.2, -0.15) is 0 Å². The van der Waals surface area contributed by atoms with Crippen molar-refractivity contribution in [1.82, 2.24) is 0 Å². The van der Waals surface area contributed by atoms with E-state index in [4.69, 9.17) is 70.1 Å². The van der Waals surface area contributed by atoms with Crippen molar-refractivity contribution in [3.63, 3.8) is 0 Å². The van der Waals surface area contributed by atoms with Crippen LogP contribution in [0, 0.1) is 0 Å². The second-order valence-electron chi connectivity index (χ2n) is 1.71. The minimum atomic E-state index is -4.92. The summed E-state index contributed by atoms with van der Waals surface area (Å²) in [6, 6.07) is 0. The van der Waals surface area contributed by atoms with Gasteiger partial charge in [0.1, 0.15) is 0 Å². The van der Waals surface area contributed by atoms with Gasteiger partial charge in [0.05, 0.1) is 0 Å². The van der Waals surface area contributed by atoms with Gasteiger partial charge < -0.3 is 18.2 Å². The molecule has 22 heavy (non-hydrogen) atoms. The molecular formula is H4CrKO16S4. The maximum Gasteiger partial charge on any atom is 3.00 e. The van der Waals surface area contributed by atoms with Crippen LogP contribution < -0.4 is 51.4 Å². The number of hydrogen-bond donors (Lipinski definition) is 4. The van der Waals surface area contributed by atoms with Gasteiger partial charge >= 0.3 is 68.7 Å². The van der Waals surface area contributed by atoms with E-state index in [0.717, 1.165) is 0 Å². The van der Waals surface area contributed by atoms with Crippen LogP contribution in [0.1, 0.15) is 0 Å². The molecule has 0 aromatic heterocycles. The van der Waals surface area contributed by atoms with Gasteiger partial charge in [-0.3, -0.25) is 18.2 Å². The summed E-state index contributed by atoms with van der Waals surface area (Å²) in [6.45, 7) is 0. The van der Waals surface area contributed by atoms with Crippen molar-refractivity contribution in [3.8, 4) is 0 Å². The average molecular weight is 479 g/mol. The molecule has 16 nitrogen and oxygen atoms in total. The SMILES string of the molecule is O=S(=O)([O-])O.O=S(=O)([O-])O.O=S(=O)([O-])O.O=S(=O)([O-])O.[Cr+3].[K+]. The molecule has 0 aliphatic carbocycles. The Bertz CT molecular complexity index is 479. The summed E-state index contributed by atoms with van der Waals surface area (Å²) in [7, 11) is -19.7. The van der Waals surface area contributed by atoms with E-state index in [0.29, 0.717) is 0 Å². The predicted octanol–water partition coefficient (Wildman–Crippen LogP) is -6.98. The Morgan fingerprint density at radius 2 is 0.455 bits per heavy atom. The Balaban J connectivity index is -0.0000000376. The van der Waals surface area contributed by atoms with Gasteiger partial charge in [-0.1, -0.05) is 0 Å². The van der Waals surface area contributed by atoms with Crippen LogP contribution >= 0.6 is 0 Å². The molecule has 0 spiro atoms. The summed E-state index contributed by atoms with van der Waals surface area (Å²) in [4.78, 5) is 0. The molecule has 0 aromatic rings. The molecule has 0 saturated carbocycles. The van der Waals surface area contributed by atoms with Gasteiger partial charge in [-0.05, 0) is 0 Å². The smallest absolute Gasteiger partial charge is 0.726 e. The molecular weight excluding hydrogens is 475 g/mol. The van der Waals surface area contributed by atoms with Crippen LogP contribution in [0.3, 0.4) is 0 Å². The number of rotatable bonds is 0. The fraction of sp³-hybridized carbons (Fsp3) is 0. The van der Waals surface area contributed by atoms with Crippen LogP contribution in [-0.4, -0.2) is 70.1 Å². The monoisotopic (exact) mass is 479 g/mol.